The van der Waals surface area contributed by atoms with Crippen LogP contribution in [0, 0.1) is 0 Å². The van der Waals surface area contributed by atoms with Gasteiger partial charge in [0.1, 0.15) is 0 Å². The van der Waals surface area contributed by atoms with E-state index >= 15 is 0 Å². The number of amides is 3. The SMILES string of the molecule is CC(NC(=O)CCNC(=O)N(C)Cc1ccccc1)C(c1ccccc1)c1ccccc1. The standard InChI is InChI=1S/C27H31N3O2/c1-21(26(23-14-8-4-9-15-23)24-16-10-5-11-17-24)29-25(31)18-19-28-27(32)30(2)20-22-12-6-3-7-13-22/h3-17,21,26H,18-20H2,1-2H3,(H,28,32)(H,29,31). The fraction of sp³-hybridized carbons (Fsp3) is 0.259. The summed E-state index contributed by atoms with van der Waals surface area (Å²) in [6.07, 6.45) is 0.228. The summed E-state index contributed by atoms with van der Waals surface area (Å²) in [4.78, 5) is 26.5. The molecule has 1 unspecified atom stereocenters. The number of urea groups is 1. The van der Waals surface area contributed by atoms with Gasteiger partial charge < -0.3 is 15.5 Å². The molecule has 0 heterocycles. The number of benzene rings is 3. The highest BCUT2D eigenvalue weighted by Crippen LogP contribution is 2.27. The second kappa shape index (κ2) is 11.7. The van der Waals surface area contributed by atoms with Crippen molar-refractivity contribution in [1.82, 2.24) is 15.5 Å². The Kier molecular flexibility index (Phi) is 8.44. The van der Waals surface area contributed by atoms with Crippen LogP contribution >= 0.6 is 0 Å². The first kappa shape index (κ1) is 23.1. The molecule has 0 aliphatic rings. The van der Waals surface area contributed by atoms with E-state index in [1.165, 1.54) is 0 Å². The Bertz CT molecular complexity index is 938. The monoisotopic (exact) mass is 429 g/mol. The van der Waals surface area contributed by atoms with E-state index in [4.69, 9.17) is 0 Å². The fourth-order valence-electron chi connectivity index (χ4n) is 3.85. The highest BCUT2D eigenvalue weighted by atomic mass is 16.2. The van der Waals surface area contributed by atoms with Gasteiger partial charge in [-0.05, 0) is 23.6 Å². The van der Waals surface area contributed by atoms with Gasteiger partial charge in [0.15, 0.2) is 0 Å². The fourth-order valence-corrected chi connectivity index (χ4v) is 3.85. The third kappa shape index (κ3) is 6.71. The maximum atomic E-state index is 12.6. The van der Waals surface area contributed by atoms with Gasteiger partial charge >= 0.3 is 6.03 Å². The van der Waals surface area contributed by atoms with Crippen LogP contribution in [0.5, 0.6) is 0 Å². The number of nitrogens with zero attached hydrogens (tertiary/aromatic N) is 1. The zero-order valence-corrected chi connectivity index (χ0v) is 18.7. The Balaban J connectivity index is 1.51. The van der Waals surface area contributed by atoms with Gasteiger partial charge in [0, 0.05) is 38.5 Å². The predicted molar refractivity (Wildman–Crippen MR) is 128 cm³/mol. The topological polar surface area (TPSA) is 61.4 Å². The molecule has 166 valence electrons. The summed E-state index contributed by atoms with van der Waals surface area (Å²) in [5.74, 6) is -0.0340. The van der Waals surface area contributed by atoms with Gasteiger partial charge in [-0.1, -0.05) is 91.0 Å². The number of hydrogen-bond acceptors (Lipinski definition) is 2. The molecule has 0 radical (unpaired) electrons. The van der Waals surface area contributed by atoms with E-state index in [9.17, 15) is 9.59 Å². The number of carbonyl (C=O) groups excluding carboxylic acids is 2. The molecule has 1 atom stereocenters. The van der Waals surface area contributed by atoms with Crippen molar-refractivity contribution in [2.75, 3.05) is 13.6 Å². The van der Waals surface area contributed by atoms with Gasteiger partial charge in [0.25, 0.3) is 0 Å². The van der Waals surface area contributed by atoms with Crippen molar-refractivity contribution in [3.63, 3.8) is 0 Å². The largest absolute Gasteiger partial charge is 0.353 e. The Morgan fingerprint density at radius 3 is 1.84 bits per heavy atom. The first-order valence-corrected chi connectivity index (χ1v) is 11.0. The van der Waals surface area contributed by atoms with Gasteiger partial charge in [-0.15, -0.1) is 0 Å². The van der Waals surface area contributed by atoms with Crippen LogP contribution in [-0.4, -0.2) is 36.5 Å². The van der Waals surface area contributed by atoms with Gasteiger partial charge in [-0.25, -0.2) is 4.79 Å². The molecular formula is C27H31N3O2. The number of hydrogen-bond donors (Lipinski definition) is 2. The lowest BCUT2D eigenvalue weighted by Gasteiger charge is -2.26. The van der Waals surface area contributed by atoms with Crippen LogP contribution in [-0.2, 0) is 11.3 Å². The minimum atomic E-state index is -0.193. The van der Waals surface area contributed by atoms with E-state index in [0.717, 1.165) is 16.7 Å². The number of nitrogens with one attached hydrogen (secondary N) is 2. The summed E-state index contributed by atoms with van der Waals surface area (Å²) in [7, 11) is 1.74. The average molecular weight is 430 g/mol. The summed E-state index contributed by atoms with van der Waals surface area (Å²) in [6, 6.07) is 29.9. The maximum Gasteiger partial charge on any atom is 0.317 e. The zero-order chi connectivity index (χ0) is 22.8. The second-order valence-electron chi connectivity index (χ2n) is 7.98. The van der Waals surface area contributed by atoms with Gasteiger partial charge in [-0.2, -0.15) is 0 Å². The van der Waals surface area contributed by atoms with E-state index < -0.39 is 0 Å². The molecule has 0 spiro atoms. The lowest BCUT2D eigenvalue weighted by molar-refractivity contribution is -0.121. The van der Waals surface area contributed by atoms with Crippen molar-refractivity contribution >= 4 is 11.9 Å². The molecule has 0 saturated carbocycles. The molecule has 3 amide bonds. The second-order valence-corrected chi connectivity index (χ2v) is 7.98. The third-order valence-corrected chi connectivity index (χ3v) is 5.44. The van der Waals surface area contributed by atoms with Crippen LogP contribution in [0.1, 0.15) is 36.0 Å². The van der Waals surface area contributed by atoms with Crippen molar-refractivity contribution in [3.8, 4) is 0 Å². The van der Waals surface area contributed by atoms with E-state index in [-0.39, 0.29) is 36.9 Å². The van der Waals surface area contributed by atoms with E-state index in [2.05, 4.69) is 34.9 Å². The van der Waals surface area contributed by atoms with Gasteiger partial charge in [0.2, 0.25) is 5.91 Å². The maximum absolute atomic E-state index is 12.6. The molecule has 2 N–H and O–H groups in total. The van der Waals surface area contributed by atoms with E-state index in [0.29, 0.717) is 6.54 Å². The van der Waals surface area contributed by atoms with Gasteiger partial charge in [0.05, 0.1) is 0 Å². The first-order chi connectivity index (χ1) is 15.5. The minimum absolute atomic E-state index is 0.0490. The van der Waals surface area contributed by atoms with Crippen LogP contribution in [0.25, 0.3) is 0 Å². The smallest absolute Gasteiger partial charge is 0.317 e. The highest BCUT2D eigenvalue weighted by molar-refractivity contribution is 5.78. The van der Waals surface area contributed by atoms with Crippen molar-refractivity contribution in [2.24, 2.45) is 0 Å². The first-order valence-electron chi connectivity index (χ1n) is 11.0. The molecule has 0 aliphatic carbocycles. The van der Waals surface area contributed by atoms with E-state index in [1.54, 1.807) is 11.9 Å². The van der Waals surface area contributed by atoms with Crippen molar-refractivity contribution in [3.05, 3.63) is 108 Å². The molecule has 5 nitrogen and oxygen atoms in total. The summed E-state index contributed by atoms with van der Waals surface area (Å²) < 4.78 is 0. The Hall–Kier alpha value is -3.60. The quantitative estimate of drug-likeness (QED) is 0.524. The molecule has 0 saturated heterocycles. The molecule has 3 aromatic rings. The molecule has 5 heteroatoms. The normalized spacial score (nSPS) is 11.6. The molecule has 0 aliphatic heterocycles. The number of carbonyl (C=O) groups is 2. The Morgan fingerprint density at radius 2 is 1.31 bits per heavy atom. The predicted octanol–water partition coefficient (Wildman–Crippen LogP) is 4.55. The van der Waals surface area contributed by atoms with Gasteiger partial charge in [-0.3, -0.25) is 4.79 Å². The summed E-state index contributed by atoms with van der Waals surface area (Å²) in [6.45, 7) is 2.83. The Labute approximate surface area is 190 Å². The molecule has 32 heavy (non-hydrogen) atoms. The average Bonchev–Trinajstić information content (AvgIpc) is 2.81. The molecule has 0 fully saturated rings. The third-order valence-electron chi connectivity index (χ3n) is 5.44. The van der Waals surface area contributed by atoms with Crippen molar-refractivity contribution in [1.29, 1.82) is 0 Å². The molecule has 3 aromatic carbocycles. The van der Waals surface area contributed by atoms with Crippen molar-refractivity contribution < 1.29 is 9.59 Å². The van der Waals surface area contributed by atoms with E-state index in [1.807, 2.05) is 73.7 Å². The van der Waals surface area contributed by atoms with Crippen LogP contribution in [0.15, 0.2) is 91.0 Å². The van der Waals surface area contributed by atoms with Crippen LogP contribution < -0.4 is 10.6 Å². The highest BCUT2D eigenvalue weighted by Gasteiger charge is 2.22. The lowest BCUT2D eigenvalue weighted by atomic mass is 9.86. The molecule has 3 rings (SSSR count). The molecule has 0 aromatic heterocycles. The molecule has 0 bridgehead atoms. The van der Waals surface area contributed by atoms with Crippen LogP contribution in [0.3, 0.4) is 0 Å². The van der Waals surface area contributed by atoms with Crippen LogP contribution in [0.4, 0.5) is 4.79 Å². The van der Waals surface area contributed by atoms with Crippen LogP contribution in [0.2, 0.25) is 0 Å². The summed E-state index contributed by atoms with van der Waals surface area (Å²) in [5, 5.41) is 5.94. The zero-order valence-electron chi connectivity index (χ0n) is 18.7. The summed E-state index contributed by atoms with van der Waals surface area (Å²) in [5.41, 5.74) is 3.37. The number of rotatable bonds is 9. The minimum Gasteiger partial charge on any atom is -0.353 e. The summed E-state index contributed by atoms with van der Waals surface area (Å²) >= 11 is 0. The molecular weight excluding hydrogens is 398 g/mol. The lowest BCUT2D eigenvalue weighted by Crippen LogP contribution is -2.41. The van der Waals surface area contributed by atoms with Crippen molar-refractivity contribution in [2.45, 2.75) is 31.8 Å². The Morgan fingerprint density at radius 1 is 0.812 bits per heavy atom.